The zero-order valence-electron chi connectivity index (χ0n) is 10.7. The fourth-order valence-electron chi connectivity index (χ4n) is 1.71. The van der Waals surface area contributed by atoms with E-state index in [1.807, 2.05) is 6.92 Å². The third-order valence-electron chi connectivity index (χ3n) is 2.63. The predicted molar refractivity (Wildman–Crippen MR) is 69.5 cm³/mol. The second-order valence-electron chi connectivity index (χ2n) is 3.83. The molecule has 2 aromatic heterocycles. The van der Waals surface area contributed by atoms with Crippen LogP contribution in [0.4, 0.5) is 0 Å². The number of aromatic nitrogens is 3. The molecular formula is C12H14ClN3O3. The van der Waals surface area contributed by atoms with E-state index >= 15 is 0 Å². The van der Waals surface area contributed by atoms with Crippen LogP contribution >= 0.6 is 11.6 Å². The first-order valence-electron chi connectivity index (χ1n) is 5.86. The Hall–Kier alpha value is -1.66. The number of halogens is 1. The van der Waals surface area contributed by atoms with Crippen molar-refractivity contribution in [2.24, 2.45) is 0 Å². The smallest absolute Gasteiger partial charge is 0.339 e. The number of carbonyl (C=O) groups excluding carboxylic acids is 1. The van der Waals surface area contributed by atoms with Crippen LogP contribution in [0.3, 0.4) is 0 Å². The molecule has 0 fully saturated rings. The van der Waals surface area contributed by atoms with Crippen molar-refractivity contribution < 1.29 is 14.3 Å². The number of carbonyl (C=O) groups is 1. The summed E-state index contributed by atoms with van der Waals surface area (Å²) in [5.74, 6) is 0.240. The molecule has 2 aromatic rings. The van der Waals surface area contributed by atoms with Gasteiger partial charge in [-0.3, -0.25) is 4.40 Å². The van der Waals surface area contributed by atoms with Crippen molar-refractivity contribution >= 4 is 23.2 Å². The molecule has 0 amide bonds. The zero-order chi connectivity index (χ0) is 13.8. The number of nitrogens with zero attached hydrogens (tertiary/aromatic N) is 3. The number of hydrogen-bond acceptors (Lipinski definition) is 5. The third-order valence-corrected chi connectivity index (χ3v) is 2.90. The van der Waals surface area contributed by atoms with Crippen LogP contribution in [0.25, 0.3) is 5.65 Å². The molecule has 0 bridgehead atoms. The molecule has 102 valence electrons. The van der Waals surface area contributed by atoms with Crippen LogP contribution in [0.15, 0.2) is 12.3 Å². The van der Waals surface area contributed by atoms with E-state index in [1.165, 1.54) is 13.2 Å². The summed E-state index contributed by atoms with van der Waals surface area (Å²) in [6.07, 6.45) is 2.21. The molecule has 0 aliphatic rings. The van der Waals surface area contributed by atoms with Gasteiger partial charge in [-0.15, -0.1) is 10.2 Å². The molecule has 0 saturated carbocycles. The summed E-state index contributed by atoms with van der Waals surface area (Å²) in [4.78, 5) is 11.5. The van der Waals surface area contributed by atoms with Crippen molar-refractivity contribution in [2.45, 2.75) is 13.3 Å². The van der Waals surface area contributed by atoms with Gasteiger partial charge in [0.05, 0.1) is 24.3 Å². The number of pyridine rings is 1. The monoisotopic (exact) mass is 283 g/mol. The molecular weight excluding hydrogens is 270 g/mol. The van der Waals surface area contributed by atoms with Crippen molar-refractivity contribution in [1.29, 1.82) is 0 Å². The maximum absolute atomic E-state index is 11.5. The van der Waals surface area contributed by atoms with Crippen LogP contribution in [0, 0.1) is 0 Å². The second-order valence-corrected chi connectivity index (χ2v) is 4.23. The van der Waals surface area contributed by atoms with Crippen molar-refractivity contribution in [1.82, 2.24) is 14.6 Å². The summed E-state index contributed by atoms with van der Waals surface area (Å²) in [5.41, 5.74) is 0.873. The van der Waals surface area contributed by atoms with Crippen LogP contribution in [-0.2, 0) is 15.9 Å². The summed E-state index contributed by atoms with van der Waals surface area (Å²) in [6, 6.07) is 1.52. The first kappa shape index (κ1) is 13.8. The lowest BCUT2D eigenvalue weighted by Crippen LogP contribution is -2.06. The van der Waals surface area contributed by atoms with Gasteiger partial charge in [-0.2, -0.15) is 0 Å². The van der Waals surface area contributed by atoms with Gasteiger partial charge in [-0.25, -0.2) is 4.79 Å². The van der Waals surface area contributed by atoms with E-state index in [4.69, 9.17) is 16.3 Å². The standard InChI is InChI=1S/C12H14ClN3O3/c1-3-19-5-4-10-14-15-11-9(13)6-8(7-16(10)11)12(17)18-2/h6-7H,3-5H2,1-2H3. The molecule has 0 radical (unpaired) electrons. The quantitative estimate of drug-likeness (QED) is 0.618. The topological polar surface area (TPSA) is 65.7 Å². The van der Waals surface area contributed by atoms with E-state index in [2.05, 4.69) is 14.9 Å². The van der Waals surface area contributed by atoms with Gasteiger partial charge in [0.1, 0.15) is 5.82 Å². The predicted octanol–water partition coefficient (Wildman–Crippen LogP) is 1.75. The Labute approximate surface area is 115 Å². The summed E-state index contributed by atoms with van der Waals surface area (Å²) in [5, 5.41) is 8.41. The van der Waals surface area contributed by atoms with E-state index in [-0.39, 0.29) is 0 Å². The molecule has 0 saturated heterocycles. The van der Waals surface area contributed by atoms with Gasteiger partial charge in [0, 0.05) is 19.2 Å². The number of ether oxygens (including phenoxy) is 2. The fraction of sp³-hybridized carbons (Fsp3) is 0.417. The summed E-state index contributed by atoms with van der Waals surface area (Å²) >= 11 is 6.08. The van der Waals surface area contributed by atoms with Crippen molar-refractivity contribution in [3.8, 4) is 0 Å². The highest BCUT2D eigenvalue weighted by molar-refractivity contribution is 6.33. The minimum absolute atomic E-state index is 0.359. The van der Waals surface area contributed by atoms with E-state index in [0.29, 0.717) is 41.7 Å². The van der Waals surface area contributed by atoms with Crippen molar-refractivity contribution in [3.63, 3.8) is 0 Å². The lowest BCUT2D eigenvalue weighted by molar-refractivity contribution is 0.0600. The molecule has 0 N–H and O–H groups in total. The number of fused-ring (bicyclic) bond motifs is 1. The maximum atomic E-state index is 11.5. The molecule has 6 nitrogen and oxygen atoms in total. The van der Waals surface area contributed by atoms with Gasteiger partial charge in [-0.1, -0.05) is 11.6 Å². The molecule has 2 rings (SSSR count). The van der Waals surface area contributed by atoms with E-state index in [9.17, 15) is 4.79 Å². The first-order valence-corrected chi connectivity index (χ1v) is 6.24. The Balaban J connectivity index is 2.38. The van der Waals surface area contributed by atoms with Gasteiger partial charge < -0.3 is 9.47 Å². The highest BCUT2D eigenvalue weighted by atomic mass is 35.5. The normalized spacial score (nSPS) is 10.9. The van der Waals surface area contributed by atoms with Crippen LogP contribution in [0.5, 0.6) is 0 Å². The van der Waals surface area contributed by atoms with Crippen molar-refractivity contribution in [3.05, 3.63) is 28.7 Å². The van der Waals surface area contributed by atoms with Crippen LogP contribution in [-0.4, -0.2) is 40.9 Å². The van der Waals surface area contributed by atoms with Crippen LogP contribution < -0.4 is 0 Å². The summed E-state index contributed by atoms with van der Waals surface area (Å²) < 4.78 is 11.6. The van der Waals surface area contributed by atoms with Gasteiger partial charge >= 0.3 is 5.97 Å². The first-order chi connectivity index (χ1) is 9.17. The van der Waals surface area contributed by atoms with Crippen LogP contribution in [0.1, 0.15) is 23.1 Å². The second kappa shape index (κ2) is 5.99. The molecule has 0 spiro atoms. The molecule has 0 aromatic carbocycles. The average molecular weight is 284 g/mol. The van der Waals surface area contributed by atoms with Gasteiger partial charge in [0.2, 0.25) is 0 Å². The lowest BCUT2D eigenvalue weighted by Gasteiger charge is -2.04. The number of esters is 1. The zero-order valence-corrected chi connectivity index (χ0v) is 11.5. The third kappa shape index (κ3) is 2.85. The minimum Gasteiger partial charge on any atom is -0.465 e. The van der Waals surface area contributed by atoms with E-state index in [0.717, 1.165) is 0 Å². The van der Waals surface area contributed by atoms with Gasteiger partial charge in [0.15, 0.2) is 5.65 Å². The number of rotatable bonds is 5. The Bertz CT molecular complexity index is 597. The SMILES string of the molecule is CCOCCc1nnc2c(Cl)cc(C(=O)OC)cn12. The van der Waals surface area contributed by atoms with E-state index < -0.39 is 5.97 Å². The molecule has 19 heavy (non-hydrogen) atoms. The lowest BCUT2D eigenvalue weighted by atomic mass is 10.3. The Morgan fingerprint density at radius 2 is 2.26 bits per heavy atom. The fourth-order valence-corrected chi connectivity index (χ4v) is 1.95. The Morgan fingerprint density at radius 1 is 1.47 bits per heavy atom. The molecule has 0 aliphatic heterocycles. The number of hydrogen-bond donors (Lipinski definition) is 0. The molecule has 0 aliphatic carbocycles. The largest absolute Gasteiger partial charge is 0.465 e. The summed E-state index contributed by atoms with van der Waals surface area (Å²) in [7, 11) is 1.32. The van der Waals surface area contributed by atoms with E-state index in [1.54, 1.807) is 10.6 Å². The molecule has 0 unspecified atom stereocenters. The Kier molecular flexibility index (Phi) is 4.34. The molecule has 7 heteroatoms. The van der Waals surface area contributed by atoms with Crippen molar-refractivity contribution in [2.75, 3.05) is 20.3 Å². The molecule has 2 heterocycles. The van der Waals surface area contributed by atoms with Gasteiger partial charge in [-0.05, 0) is 13.0 Å². The van der Waals surface area contributed by atoms with Gasteiger partial charge in [0.25, 0.3) is 0 Å². The highest BCUT2D eigenvalue weighted by Crippen LogP contribution is 2.19. The number of methoxy groups -OCH3 is 1. The average Bonchev–Trinajstić information content (AvgIpc) is 2.82. The molecule has 0 atom stereocenters. The Morgan fingerprint density at radius 3 is 2.95 bits per heavy atom. The minimum atomic E-state index is -0.451. The van der Waals surface area contributed by atoms with Crippen LogP contribution in [0.2, 0.25) is 5.02 Å². The highest BCUT2D eigenvalue weighted by Gasteiger charge is 2.14. The maximum Gasteiger partial charge on any atom is 0.339 e. The summed E-state index contributed by atoms with van der Waals surface area (Å²) in [6.45, 7) is 3.11.